The molecule has 0 saturated carbocycles. The standard InChI is InChI=1S/C14H23FN2/c1-5-12(16-3)10-17(4)11(2)13-8-6-7-9-14(13)15/h6-9,11-12,16H,5,10H2,1-4H3. The number of rotatable bonds is 6. The van der Waals surface area contributed by atoms with E-state index in [0.29, 0.717) is 6.04 Å². The van der Waals surface area contributed by atoms with Gasteiger partial charge in [0.25, 0.3) is 0 Å². The van der Waals surface area contributed by atoms with Crippen molar-refractivity contribution in [2.75, 3.05) is 20.6 Å². The predicted octanol–water partition coefficient (Wildman–Crippen LogP) is 2.82. The second-order valence-corrected chi connectivity index (χ2v) is 4.53. The van der Waals surface area contributed by atoms with Gasteiger partial charge in [-0.05, 0) is 33.5 Å². The maximum Gasteiger partial charge on any atom is 0.127 e. The minimum absolute atomic E-state index is 0.0959. The molecule has 2 nitrogen and oxygen atoms in total. The highest BCUT2D eigenvalue weighted by atomic mass is 19.1. The first kappa shape index (κ1) is 14.1. The molecule has 0 aliphatic rings. The van der Waals surface area contributed by atoms with E-state index in [1.807, 2.05) is 33.2 Å². The SMILES string of the molecule is CCC(CN(C)C(C)c1ccccc1F)NC. The van der Waals surface area contributed by atoms with Crippen molar-refractivity contribution in [3.05, 3.63) is 35.6 Å². The molecule has 1 aromatic carbocycles. The van der Waals surface area contributed by atoms with E-state index in [1.165, 1.54) is 6.07 Å². The Kier molecular flexibility index (Phi) is 5.59. The summed E-state index contributed by atoms with van der Waals surface area (Å²) in [5.74, 6) is -0.121. The number of likely N-dealkylation sites (N-methyl/N-ethyl adjacent to an activating group) is 2. The van der Waals surface area contributed by atoms with Crippen molar-refractivity contribution in [2.45, 2.75) is 32.4 Å². The molecule has 1 N–H and O–H groups in total. The third-order valence-electron chi connectivity index (χ3n) is 3.43. The number of halogens is 1. The second kappa shape index (κ2) is 6.72. The van der Waals surface area contributed by atoms with Crippen molar-refractivity contribution in [2.24, 2.45) is 0 Å². The van der Waals surface area contributed by atoms with Crippen molar-refractivity contribution in [3.8, 4) is 0 Å². The first-order valence-electron chi connectivity index (χ1n) is 6.22. The van der Waals surface area contributed by atoms with Crippen LogP contribution in [-0.2, 0) is 0 Å². The molecule has 0 bridgehead atoms. The molecule has 2 atom stereocenters. The summed E-state index contributed by atoms with van der Waals surface area (Å²) < 4.78 is 13.7. The largest absolute Gasteiger partial charge is 0.316 e. The summed E-state index contributed by atoms with van der Waals surface area (Å²) >= 11 is 0. The van der Waals surface area contributed by atoms with Gasteiger partial charge in [-0.2, -0.15) is 0 Å². The first-order chi connectivity index (χ1) is 8.10. The highest BCUT2D eigenvalue weighted by Crippen LogP contribution is 2.21. The minimum Gasteiger partial charge on any atom is -0.316 e. The van der Waals surface area contributed by atoms with Crippen LogP contribution in [0.5, 0.6) is 0 Å². The molecule has 0 heterocycles. The van der Waals surface area contributed by atoms with Crippen LogP contribution < -0.4 is 5.32 Å². The van der Waals surface area contributed by atoms with Gasteiger partial charge in [-0.3, -0.25) is 4.90 Å². The summed E-state index contributed by atoms with van der Waals surface area (Å²) in [7, 11) is 4.01. The lowest BCUT2D eigenvalue weighted by Gasteiger charge is -2.29. The van der Waals surface area contributed by atoms with Gasteiger partial charge in [0.05, 0.1) is 0 Å². The molecule has 17 heavy (non-hydrogen) atoms. The summed E-state index contributed by atoms with van der Waals surface area (Å²) in [5.41, 5.74) is 0.765. The Labute approximate surface area is 104 Å². The van der Waals surface area contributed by atoms with Crippen LogP contribution in [0.2, 0.25) is 0 Å². The average Bonchev–Trinajstić information content (AvgIpc) is 2.35. The number of benzene rings is 1. The van der Waals surface area contributed by atoms with Crippen LogP contribution in [0.15, 0.2) is 24.3 Å². The van der Waals surface area contributed by atoms with Gasteiger partial charge in [0.15, 0.2) is 0 Å². The Morgan fingerprint density at radius 2 is 2.00 bits per heavy atom. The topological polar surface area (TPSA) is 15.3 Å². The number of hydrogen-bond acceptors (Lipinski definition) is 2. The fourth-order valence-electron chi connectivity index (χ4n) is 1.98. The normalized spacial score (nSPS) is 14.9. The van der Waals surface area contributed by atoms with Crippen molar-refractivity contribution in [3.63, 3.8) is 0 Å². The molecule has 3 heteroatoms. The molecule has 0 aromatic heterocycles. The number of hydrogen-bond donors (Lipinski definition) is 1. The van der Waals surface area contributed by atoms with Crippen LogP contribution >= 0.6 is 0 Å². The third kappa shape index (κ3) is 3.79. The molecule has 1 aromatic rings. The van der Waals surface area contributed by atoms with Crippen LogP contribution in [0.3, 0.4) is 0 Å². The van der Waals surface area contributed by atoms with E-state index < -0.39 is 0 Å². The Hall–Kier alpha value is -0.930. The molecule has 0 aliphatic carbocycles. The van der Waals surface area contributed by atoms with Gasteiger partial charge in [0, 0.05) is 24.2 Å². The zero-order valence-corrected chi connectivity index (χ0v) is 11.2. The molecule has 0 saturated heterocycles. The van der Waals surface area contributed by atoms with E-state index in [-0.39, 0.29) is 11.9 Å². The van der Waals surface area contributed by atoms with Gasteiger partial charge in [0.1, 0.15) is 5.82 Å². The molecular formula is C14H23FN2. The highest BCUT2D eigenvalue weighted by Gasteiger charge is 2.17. The predicted molar refractivity (Wildman–Crippen MR) is 70.6 cm³/mol. The Balaban J connectivity index is 2.69. The fourth-order valence-corrected chi connectivity index (χ4v) is 1.98. The van der Waals surface area contributed by atoms with Crippen LogP contribution in [0.25, 0.3) is 0 Å². The molecule has 2 unspecified atom stereocenters. The summed E-state index contributed by atoms with van der Waals surface area (Å²) in [5, 5.41) is 3.27. The smallest absolute Gasteiger partial charge is 0.127 e. The number of nitrogens with zero attached hydrogens (tertiary/aromatic N) is 1. The van der Waals surface area contributed by atoms with Crippen LogP contribution in [0, 0.1) is 5.82 Å². The van der Waals surface area contributed by atoms with Crippen molar-refractivity contribution < 1.29 is 4.39 Å². The maximum absolute atomic E-state index is 13.7. The maximum atomic E-state index is 13.7. The van der Waals surface area contributed by atoms with Crippen molar-refractivity contribution in [1.82, 2.24) is 10.2 Å². The molecule has 0 fully saturated rings. The van der Waals surface area contributed by atoms with E-state index in [4.69, 9.17) is 0 Å². The quantitative estimate of drug-likeness (QED) is 0.820. The minimum atomic E-state index is -0.121. The van der Waals surface area contributed by atoms with Crippen LogP contribution in [-0.4, -0.2) is 31.6 Å². The second-order valence-electron chi connectivity index (χ2n) is 4.53. The van der Waals surface area contributed by atoms with Gasteiger partial charge >= 0.3 is 0 Å². The molecule has 1 rings (SSSR count). The summed E-state index contributed by atoms with van der Waals surface area (Å²) in [6.45, 7) is 5.12. The Bertz CT molecular complexity index is 337. The lowest BCUT2D eigenvalue weighted by Crippen LogP contribution is -2.38. The van der Waals surface area contributed by atoms with Crippen molar-refractivity contribution in [1.29, 1.82) is 0 Å². The van der Waals surface area contributed by atoms with E-state index in [1.54, 1.807) is 6.07 Å². The van der Waals surface area contributed by atoms with E-state index >= 15 is 0 Å². The fraction of sp³-hybridized carbons (Fsp3) is 0.571. The van der Waals surface area contributed by atoms with Gasteiger partial charge in [-0.15, -0.1) is 0 Å². The summed E-state index contributed by atoms with van der Waals surface area (Å²) in [6, 6.07) is 7.55. The van der Waals surface area contributed by atoms with E-state index in [9.17, 15) is 4.39 Å². The molecular weight excluding hydrogens is 215 g/mol. The molecule has 96 valence electrons. The van der Waals surface area contributed by atoms with E-state index in [2.05, 4.69) is 17.1 Å². The molecule has 0 amide bonds. The first-order valence-corrected chi connectivity index (χ1v) is 6.22. The van der Waals surface area contributed by atoms with Crippen LogP contribution in [0.4, 0.5) is 4.39 Å². The molecule has 0 radical (unpaired) electrons. The lowest BCUT2D eigenvalue weighted by atomic mass is 10.1. The number of nitrogens with one attached hydrogen (secondary N) is 1. The molecule has 0 aliphatic heterocycles. The monoisotopic (exact) mass is 238 g/mol. The van der Waals surface area contributed by atoms with Crippen LogP contribution in [0.1, 0.15) is 31.9 Å². The van der Waals surface area contributed by atoms with Gasteiger partial charge in [-0.1, -0.05) is 25.1 Å². The lowest BCUT2D eigenvalue weighted by molar-refractivity contribution is 0.228. The highest BCUT2D eigenvalue weighted by molar-refractivity contribution is 5.20. The summed E-state index contributed by atoms with van der Waals surface area (Å²) in [4.78, 5) is 2.18. The van der Waals surface area contributed by atoms with E-state index in [0.717, 1.165) is 18.5 Å². The average molecular weight is 238 g/mol. The summed E-state index contributed by atoms with van der Waals surface area (Å²) in [6.07, 6.45) is 1.07. The Morgan fingerprint density at radius 1 is 1.35 bits per heavy atom. The van der Waals surface area contributed by atoms with Crippen molar-refractivity contribution >= 4 is 0 Å². The Morgan fingerprint density at radius 3 is 2.53 bits per heavy atom. The third-order valence-corrected chi connectivity index (χ3v) is 3.43. The van der Waals surface area contributed by atoms with Gasteiger partial charge < -0.3 is 5.32 Å². The zero-order valence-electron chi connectivity index (χ0n) is 11.2. The van der Waals surface area contributed by atoms with Gasteiger partial charge in [0.2, 0.25) is 0 Å². The van der Waals surface area contributed by atoms with Gasteiger partial charge in [-0.25, -0.2) is 4.39 Å². The zero-order chi connectivity index (χ0) is 12.8. The molecule has 0 spiro atoms.